The van der Waals surface area contributed by atoms with Crippen LogP contribution in [0.3, 0.4) is 0 Å². The zero-order chi connectivity index (χ0) is 12.4. The smallest absolute Gasteiger partial charge is 0.343 e. The number of carbonyl (C=O) groups is 1. The van der Waals surface area contributed by atoms with Crippen molar-refractivity contribution in [3.05, 3.63) is 23.9 Å². The number of nitrogens with zero attached hydrogens (tertiary/aromatic N) is 2. The summed E-state index contributed by atoms with van der Waals surface area (Å²) >= 11 is 0. The average Bonchev–Trinajstić information content (AvgIpc) is 2.29. The summed E-state index contributed by atoms with van der Waals surface area (Å²) in [5.41, 5.74) is 6.45. The number of hydrogen-bond donors (Lipinski definition) is 2. The van der Waals surface area contributed by atoms with Gasteiger partial charge >= 0.3 is 5.97 Å². The molecule has 88 valence electrons. The van der Waals surface area contributed by atoms with Gasteiger partial charge in [0, 0.05) is 17.3 Å². The molecule has 0 aromatic carbocycles. The van der Waals surface area contributed by atoms with Crippen LogP contribution < -0.4 is 5.73 Å². The Kier molecular flexibility index (Phi) is 2.78. The normalized spacial score (nSPS) is 10.4. The molecule has 0 atom stereocenters. The van der Waals surface area contributed by atoms with Crippen LogP contribution in [0.5, 0.6) is 5.88 Å². The van der Waals surface area contributed by atoms with Gasteiger partial charge in [0.1, 0.15) is 5.56 Å². The summed E-state index contributed by atoms with van der Waals surface area (Å²) in [5.74, 6) is -1.04. The molecule has 0 saturated carbocycles. The lowest BCUT2D eigenvalue weighted by Gasteiger charge is -2.06. The number of esters is 1. The summed E-state index contributed by atoms with van der Waals surface area (Å²) in [6.45, 7) is 1.90. The molecule has 6 nitrogen and oxygen atoms in total. The first-order valence-electron chi connectivity index (χ1n) is 5.04. The maximum Gasteiger partial charge on any atom is 0.343 e. The van der Waals surface area contributed by atoms with Gasteiger partial charge in [-0.15, -0.1) is 0 Å². The van der Waals surface area contributed by atoms with E-state index in [2.05, 4.69) is 9.97 Å². The van der Waals surface area contributed by atoms with Crippen LogP contribution in [0.15, 0.2) is 18.3 Å². The molecule has 0 radical (unpaired) electrons. The van der Waals surface area contributed by atoms with Crippen LogP contribution in [0.4, 0.5) is 5.69 Å². The van der Waals surface area contributed by atoms with Gasteiger partial charge in [0.05, 0.1) is 6.61 Å². The monoisotopic (exact) mass is 233 g/mol. The molecule has 0 aliphatic carbocycles. The lowest BCUT2D eigenvalue weighted by molar-refractivity contribution is 0.0522. The molecule has 2 aromatic heterocycles. The zero-order valence-electron chi connectivity index (χ0n) is 9.17. The fraction of sp³-hybridized carbons (Fsp3) is 0.182. The van der Waals surface area contributed by atoms with E-state index < -0.39 is 11.8 Å². The summed E-state index contributed by atoms with van der Waals surface area (Å²) in [7, 11) is 0. The number of hydrogen-bond acceptors (Lipinski definition) is 6. The Bertz CT molecular complexity index is 583. The topological polar surface area (TPSA) is 98.3 Å². The van der Waals surface area contributed by atoms with Crippen LogP contribution in [-0.2, 0) is 4.74 Å². The number of aromatic hydroxyl groups is 1. The first-order chi connectivity index (χ1) is 8.13. The molecule has 0 bridgehead atoms. The second-order valence-corrected chi connectivity index (χ2v) is 3.35. The van der Waals surface area contributed by atoms with E-state index >= 15 is 0 Å². The highest BCUT2D eigenvalue weighted by atomic mass is 16.5. The van der Waals surface area contributed by atoms with Crippen LogP contribution in [0.2, 0.25) is 0 Å². The van der Waals surface area contributed by atoms with E-state index in [0.29, 0.717) is 11.1 Å². The number of nitrogen functional groups attached to an aromatic ring is 1. The molecule has 0 amide bonds. The molecule has 2 heterocycles. The second kappa shape index (κ2) is 4.25. The molecule has 17 heavy (non-hydrogen) atoms. The van der Waals surface area contributed by atoms with E-state index in [0.717, 1.165) is 0 Å². The van der Waals surface area contributed by atoms with Crippen LogP contribution >= 0.6 is 0 Å². The third-order valence-electron chi connectivity index (χ3n) is 2.24. The summed E-state index contributed by atoms with van der Waals surface area (Å²) in [6, 6.07) is 3.02. The number of aromatic nitrogens is 2. The van der Waals surface area contributed by atoms with Crippen molar-refractivity contribution >= 4 is 22.7 Å². The highest BCUT2D eigenvalue weighted by Gasteiger charge is 2.16. The van der Waals surface area contributed by atoms with Crippen molar-refractivity contribution in [1.29, 1.82) is 0 Å². The number of anilines is 1. The van der Waals surface area contributed by atoms with E-state index in [1.54, 1.807) is 13.0 Å². The summed E-state index contributed by atoms with van der Waals surface area (Å²) < 4.78 is 4.80. The Labute approximate surface area is 97.1 Å². The number of nitrogens with two attached hydrogens (primary N) is 1. The number of fused-ring (bicyclic) bond motifs is 1. The van der Waals surface area contributed by atoms with Gasteiger partial charge in [-0.25, -0.2) is 9.78 Å². The third kappa shape index (κ3) is 1.96. The van der Waals surface area contributed by atoms with Crippen molar-refractivity contribution in [1.82, 2.24) is 9.97 Å². The fourth-order valence-corrected chi connectivity index (χ4v) is 1.44. The lowest BCUT2D eigenvalue weighted by atomic mass is 10.2. The van der Waals surface area contributed by atoms with Crippen LogP contribution in [0, 0.1) is 0 Å². The van der Waals surface area contributed by atoms with Gasteiger partial charge in [0.2, 0.25) is 5.88 Å². The molecular weight excluding hydrogens is 222 g/mol. The molecule has 2 aromatic rings. The molecule has 6 heteroatoms. The number of ether oxygens (including phenoxy) is 1. The molecule has 0 saturated heterocycles. The summed E-state index contributed by atoms with van der Waals surface area (Å²) in [6.07, 6.45) is 1.48. The lowest BCUT2D eigenvalue weighted by Crippen LogP contribution is -2.06. The second-order valence-electron chi connectivity index (χ2n) is 3.35. The standard InChI is InChI=1S/C11H11N3O3/c1-2-17-11(16)7-5-6-8(12)3-4-13-9(6)14-10(7)15/h3-5H,2H2,1H3,(H3,12,13,14,15). The Morgan fingerprint density at radius 1 is 1.59 bits per heavy atom. The van der Waals surface area contributed by atoms with Gasteiger partial charge in [0.25, 0.3) is 0 Å². The van der Waals surface area contributed by atoms with E-state index in [1.807, 2.05) is 0 Å². The van der Waals surface area contributed by atoms with E-state index in [4.69, 9.17) is 10.5 Å². The number of carbonyl (C=O) groups excluding carboxylic acids is 1. The molecule has 0 fully saturated rings. The highest BCUT2D eigenvalue weighted by Crippen LogP contribution is 2.24. The molecule has 0 spiro atoms. The van der Waals surface area contributed by atoms with E-state index in [1.165, 1.54) is 12.3 Å². The average molecular weight is 233 g/mol. The molecule has 3 N–H and O–H groups in total. The van der Waals surface area contributed by atoms with Gasteiger partial charge in [-0.05, 0) is 19.1 Å². The largest absolute Gasteiger partial charge is 0.493 e. The van der Waals surface area contributed by atoms with Crippen molar-refractivity contribution in [3.63, 3.8) is 0 Å². The predicted molar refractivity (Wildman–Crippen MR) is 61.6 cm³/mol. The molecule has 0 unspecified atom stereocenters. The molecule has 0 aliphatic heterocycles. The van der Waals surface area contributed by atoms with Crippen LogP contribution in [0.1, 0.15) is 17.3 Å². The SMILES string of the molecule is CCOC(=O)c1cc2c(N)ccnc2nc1O. The minimum atomic E-state index is -0.636. The Hall–Kier alpha value is -2.37. The van der Waals surface area contributed by atoms with Gasteiger partial charge in [-0.1, -0.05) is 0 Å². The Balaban J connectivity index is 2.61. The molecule has 2 rings (SSSR count). The van der Waals surface area contributed by atoms with Crippen molar-refractivity contribution in [2.24, 2.45) is 0 Å². The minimum Gasteiger partial charge on any atom is -0.493 e. The maximum absolute atomic E-state index is 11.5. The Morgan fingerprint density at radius 2 is 2.35 bits per heavy atom. The number of pyridine rings is 2. The van der Waals surface area contributed by atoms with Crippen molar-refractivity contribution in [3.8, 4) is 5.88 Å². The van der Waals surface area contributed by atoms with Crippen LogP contribution in [0.25, 0.3) is 11.0 Å². The minimum absolute atomic E-state index is 0.0148. The van der Waals surface area contributed by atoms with Gasteiger partial charge < -0.3 is 15.6 Å². The van der Waals surface area contributed by atoms with Gasteiger partial charge in [0.15, 0.2) is 5.65 Å². The highest BCUT2D eigenvalue weighted by molar-refractivity contribution is 5.98. The Morgan fingerprint density at radius 3 is 3.06 bits per heavy atom. The fourth-order valence-electron chi connectivity index (χ4n) is 1.44. The molecule has 0 aliphatic rings. The van der Waals surface area contributed by atoms with Crippen LogP contribution in [-0.4, -0.2) is 27.7 Å². The third-order valence-corrected chi connectivity index (χ3v) is 2.24. The van der Waals surface area contributed by atoms with E-state index in [9.17, 15) is 9.90 Å². The van der Waals surface area contributed by atoms with Crippen molar-refractivity contribution in [2.45, 2.75) is 6.92 Å². The zero-order valence-corrected chi connectivity index (χ0v) is 9.17. The van der Waals surface area contributed by atoms with Crippen molar-refractivity contribution in [2.75, 3.05) is 12.3 Å². The van der Waals surface area contributed by atoms with Gasteiger partial charge in [-0.3, -0.25) is 0 Å². The quantitative estimate of drug-likeness (QED) is 0.753. The van der Waals surface area contributed by atoms with Gasteiger partial charge in [-0.2, -0.15) is 4.98 Å². The van der Waals surface area contributed by atoms with Crippen molar-refractivity contribution < 1.29 is 14.6 Å². The first-order valence-corrected chi connectivity index (χ1v) is 5.04. The maximum atomic E-state index is 11.5. The molecular formula is C11H11N3O3. The first kappa shape index (κ1) is 11.1. The summed E-state index contributed by atoms with van der Waals surface area (Å²) in [5, 5.41) is 10.1. The predicted octanol–water partition coefficient (Wildman–Crippen LogP) is 1.09. The number of rotatable bonds is 2. The van der Waals surface area contributed by atoms with E-state index in [-0.39, 0.29) is 17.8 Å². The summed E-state index contributed by atoms with van der Waals surface area (Å²) in [4.78, 5) is 19.3.